The first-order valence-corrected chi connectivity index (χ1v) is 10.7. The van der Waals surface area contributed by atoms with Crippen molar-refractivity contribution >= 4 is 10.0 Å². The van der Waals surface area contributed by atoms with Crippen LogP contribution in [0, 0.1) is 17.7 Å². The summed E-state index contributed by atoms with van der Waals surface area (Å²) in [5.41, 5.74) is 0.537. The number of hydrogen-bond acceptors (Lipinski definition) is 4. The van der Waals surface area contributed by atoms with Gasteiger partial charge in [0, 0.05) is 43.6 Å². The Hall–Kier alpha value is -1.02. The van der Waals surface area contributed by atoms with Crippen molar-refractivity contribution in [1.29, 1.82) is 0 Å². The largest absolute Gasteiger partial charge is 0.370 e. The SMILES string of the molecule is CCS(=O)(=O)NC[C@H]1[C@H]2CN(Cc3ccccc3F)C[C@]23CC[C@H]1O3. The fourth-order valence-corrected chi connectivity index (χ4v) is 5.52. The number of sulfonamides is 1. The molecule has 3 heterocycles. The summed E-state index contributed by atoms with van der Waals surface area (Å²) in [6.45, 7) is 4.31. The average molecular weight is 368 g/mol. The van der Waals surface area contributed by atoms with Gasteiger partial charge >= 0.3 is 0 Å². The maximum atomic E-state index is 14.0. The molecule has 3 aliphatic rings. The summed E-state index contributed by atoms with van der Waals surface area (Å²) in [5.74, 6) is 0.452. The lowest BCUT2D eigenvalue weighted by Gasteiger charge is -2.29. The molecule has 3 saturated heterocycles. The van der Waals surface area contributed by atoms with Gasteiger partial charge in [0.05, 0.1) is 17.5 Å². The zero-order valence-electron chi connectivity index (χ0n) is 14.4. The molecule has 1 N–H and O–H groups in total. The third-order valence-corrected chi connectivity index (χ3v) is 7.49. The molecule has 7 heteroatoms. The molecular weight excluding hydrogens is 343 g/mol. The zero-order chi connectivity index (χ0) is 17.7. The average Bonchev–Trinajstić information content (AvgIpc) is 3.23. The van der Waals surface area contributed by atoms with E-state index in [-0.39, 0.29) is 29.2 Å². The molecular formula is C18H25FN2O3S. The molecule has 0 radical (unpaired) electrons. The minimum atomic E-state index is -3.19. The summed E-state index contributed by atoms with van der Waals surface area (Å²) in [6.07, 6.45) is 2.16. The zero-order valence-corrected chi connectivity index (χ0v) is 15.3. The van der Waals surface area contributed by atoms with Gasteiger partial charge in [0.15, 0.2) is 0 Å². The van der Waals surface area contributed by atoms with E-state index in [9.17, 15) is 12.8 Å². The van der Waals surface area contributed by atoms with Crippen LogP contribution in [0.1, 0.15) is 25.3 Å². The van der Waals surface area contributed by atoms with Gasteiger partial charge < -0.3 is 4.74 Å². The Bertz CT molecular complexity index is 756. The van der Waals surface area contributed by atoms with Gasteiger partial charge in [-0.15, -0.1) is 0 Å². The first-order valence-electron chi connectivity index (χ1n) is 9.03. The van der Waals surface area contributed by atoms with Gasteiger partial charge in [0.2, 0.25) is 10.0 Å². The molecule has 2 bridgehead atoms. The first-order chi connectivity index (χ1) is 11.9. The number of likely N-dealkylation sites (tertiary alicyclic amines) is 1. The van der Waals surface area contributed by atoms with Crippen molar-refractivity contribution in [2.75, 3.05) is 25.4 Å². The fourth-order valence-electron chi connectivity index (χ4n) is 4.87. The number of ether oxygens (including phenoxy) is 1. The van der Waals surface area contributed by atoms with E-state index >= 15 is 0 Å². The number of halogens is 1. The molecule has 138 valence electrons. The third kappa shape index (κ3) is 3.12. The van der Waals surface area contributed by atoms with E-state index in [1.165, 1.54) is 6.07 Å². The summed E-state index contributed by atoms with van der Waals surface area (Å²) in [4.78, 5) is 2.26. The molecule has 4 rings (SSSR count). The van der Waals surface area contributed by atoms with E-state index < -0.39 is 10.0 Å². The minimum absolute atomic E-state index is 0.0977. The highest BCUT2D eigenvalue weighted by Gasteiger charge is 2.62. The maximum absolute atomic E-state index is 14.0. The van der Waals surface area contributed by atoms with Crippen LogP contribution in [0.3, 0.4) is 0 Å². The highest BCUT2D eigenvalue weighted by molar-refractivity contribution is 7.89. The van der Waals surface area contributed by atoms with Crippen LogP contribution in [0.2, 0.25) is 0 Å². The lowest BCUT2D eigenvalue weighted by Crippen LogP contribution is -2.42. The van der Waals surface area contributed by atoms with Crippen molar-refractivity contribution < 1.29 is 17.5 Å². The van der Waals surface area contributed by atoms with Crippen molar-refractivity contribution in [3.05, 3.63) is 35.6 Å². The van der Waals surface area contributed by atoms with Gasteiger partial charge in [-0.1, -0.05) is 18.2 Å². The van der Waals surface area contributed by atoms with Crippen molar-refractivity contribution in [2.24, 2.45) is 11.8 Å². The molecule has 0 unspecified atom stereocenters. The Labute approximate surface area is 148 Å². The quantitative estimate of drug-likeness (QED) is 0.831. The smallest absolute Gasteiger partial charge is 0.211 e. The molecule has 1 aromatic rings. The van der Waals surface area contributed by atoms with Crippen LogP contribution in [0.4, 0.5) is 4.39 Å². The minimum Gasteiger partial charge on any atom is -0.370 e. The molecule has 0 aromatic heterocycles. The number of nitrogens with one attached hydrogen (secondary N) is 1. The summed E-state index contributed by atoms with van der Waals surface area (Å²) in [7, 11) is -3.19. The second-order valence-electron chi connectivity index (χ2n) is 7.54. The van der Waals surface area contributed by atoms with Gasteiger partial charge in [-0.25, -0.2) is 17.5 Å². The number of nitrogens with zero attached hydrogens (tertiary/aromatic N) is 1. The van der Waals surface area contributed by atoms with Gasteiger partial charge in [0.25, 0.3) is 0 Å². The third-order valence-electron chi connectivity index (χ3n) is 6.13. The van der Waals surface area contributed by atoms with Crippen LogP contribution in [0.25, 0.3) is 0 Å². The van der Waals surface area contributed by atoms with Crippen molar-refractivity contribution in [3.8, 4) is 0 Å². The molecule has 3 aliphatic heterocycles. The fraction of sp³-hybridized carbons (Fsp3) is 0.667. The van der Waals surface area contributed by atoms with Gasteiger partial charge in [0.1, 0.15) is 5.82 Å². The van der Waals surface area contributed by atoms with Gasteiger partial charge in [-0.2, -0.15) is 0 Å². The lowest BCUT2D eigenvalue weighted by atomic mass is 9.74. The molecule has 1 spiro atoms. The monoisotopic (exact) mass is 368 g/mol. The van der Waals surface area contributed by atoms with Crippen LogP contribution in [-0.4, -0.2) is 50.4 Å². The maximum Gasteiger partial charge on any atom is 0.211 e. The molecule has 5 nitrogen and oxygen atoms in total. The van der Waals surface area contributed by atoms with E-state index in [1.54, 1.807) is 13.0 Å². The highest BCUT2D eigenvalue weighted by Crippen LogP contribution is 2.54. The predicted molar refractivity (Wildman–Crippen MR) is 93.0 cm³/mol. The van der Waals surface area contributed by atoms with E-state index in [4.69, 9.17) is 4.74 Å². The number of rotatable bonds is 6. The second kappa shape index (κ2) is 6.30. The highest BCUT2D eigenvalue weighted by atomic mass is 32.2. The van der Waals surface area contributed by atoms with E-state index in [2.05, 4.69) is 9.62 Å². The Balaban J connectivity index is 1.46. The number of hydrogen-bond donors (Lipinski definition) is 1. The topological polar surface area (TPSA) is 58.6 Å². The van der Waals surface area contributed by atoms with E-state index in [0.717, 1.165) is 25.9 Å². The standard InChI is InChI=1S/C18H25FN2O3S/c1-2-25(22,23)20-9-14-15-11-21(10-13-5-3-4-6-16(13)19)12-18(15)8-7-17(14)24-18/h3-6,14-15,17,20H,2,7-12H2,1H3/t14-,15+,17+,18+/m0/s1. The van der Waals surface area contributed by atoms with Crippen molar-refractivity contribution in [1.82, 2.24) is 9.62 Å². The van der Waals surface area contributed by atoms with Gasteiger partial charge in [-0.3, -0.25) is 4.90 Å². The van der Waals surface area contributed by atoms with Crippen LogP contribution in [0.5, 0.6) is 0 Å². The van der Waals surface area contributed by atoms with Crippen molar-refractivity contribution in [3.63, 3.8) is 0 Å². The van der Waals surface area contributed by atoms with Gasteiger partial charge in [-0.05, 0) is 25.8 Å². The second-order valence-corrected chi connectivity index (χ2v) is 9.64. The van der Waals surface area contributed by atoms with Crippen LogP contribution in [0.15, 0.2) is 24.3 Å². The molecule has 0 amide bonds. The summed E-state index contributed by atoms with van der Waals surface area (Å²) < 4.78 is 46.6. The van der Waals surface area contributed by atoms with Crippen LogP contribution < -0.4 is 4.72 Å². The number of fused-ring (bicyclic) bond motifs is 1. The van der Waals surface area contributed by atoms with E-state index in [1.807, 2.05) is 12.1 Å². The molecule has 0 aliphatic carbocycles. The first kappa shape index (κ1) is 17.4. The molecule has 0 saturated carbocycles. The van der Waals surface area contributed by atoms with E-state index in [0.29, 0.717) is 24.6 Å². The Morgan fingerprint density at radius 1 is 1.40 bits per heavy atom. The Morgan fingerprint density at radius 2 is 2.20 bits per heavy atom. The van der Waals surface area contributed by atoms with Crippen LogP contribution >= 0.6 is 0 Å². The summed E-state index contributed by atoms with van der Waals surface area (Å²) in [6, 6.07) is 6.88. The summed E-state index contributed by atoms with van der Waals surface area (Å²) >= 11 is 0. The number of benzene rings is 1. The normalized spacial score (nSPS) is 34.6. The molecule has 3 fully saturated rings. The predicted octanol–water partition coefficient (Wildman–Crippen LogP) is 1.74. The molecule has 4 atom stereocenters. The molecule has 1 aromatic carbocycles. The Kier molecular flexibility index (Phi) is 4.38. The Morgan fingerprint density at radius 3 is 2.96 bits per heavy atom. The lowest BCUT2D eigenvalue weighted by molar-refractivity contribution is 0.00212. The summed E-state index contributed by atoms with van der Waals surface area (Å²) in [5, 5.41) is 0. The molecule has 25 heavy (non-hydrogen) atoms. The van der Waals surface area contributed by atoms with Crippen LogP contribution in [-0.2, 0) is 21.3 Å². The van der Waals surface area contributed by atoms with Crippen molar-refractivity contribution in [2.45, 2.75) is 38.0 Å².